The zero-order valence-electron chi connectivity index (χ0n) is 18.0. The van der Waals surface area contributed by atoms with Crippen LogP contribution in [0.1, 0.15) is 33.3 Å². The Morgan fingerprint density at radius 2 is 1.73 bits per heavy atom. The number of aromatic nitrogens is 3. The van der Waals surface area contributed by atoms with E-state index in [0.717, 1.165) is 11.1 Å². The van der Waals surface area contributed by atoms with Gasteiger partial charge in [-0.1, -0.05) is 42.1 Å². The first-order chi connectivity index (χ1) is 14.2. The van der Waals surface area contributed by atoms with Crippen LogP contribution in [0.2, 0.25) is 0 Å². The topological polar surface area (TPSA) is 51.0 Å². The molecule has 0 N–H and O–H groups in total. The van der Waals surface area contributed by atoms with Crippen molar-refractivity contribution in [1.29, 1.82) is 0 Å². The van der Waals surface area contributed by atoms with Gasteiger partial charge in [0.15, 0.2) is 11.0 Å². The third-order valence-electron chi connectivity index (χ3n) is 4.83. The molecule has 1 atom stereocenters. The molecule has 2 aromatic carbocycles. The van der Waals surface area contributed by atoms with E-state index in [1.807, 2.05) is 74.5 Å². The van der Waals surface area contributed by atoms with Crippen LogP contribution < -0.4 is 0 Å². The fourth-order valence-electron chi connectivity index (χ4n) is 3.11. The van der Waals surface area contributed by atoms with E-state index in [4.69, 9.17) is 0 Å². The minimum atomic E-state index is -0.336. The summed E-state index contributed by atoms with van der Waals surface area (Å²) in [5.74, 6) is 0.382. The fraction of sp³-hybridized carbons (Fsp3) is 0.348. The maximum Gasteiger partial charge on any atom is 0.236 e. The van der Waals surface area contributed by atoms with Crippen molar-refractivity contribution in [2.45, 2.75) is 50.2 Å². The maximum atomic E-state index is 13.3. The van der Waals surface area contributed by atoms with E-state index < -0.39 is 0 Å². The molecule has 0 spiro atoms. The molecule has 0 saturated heterocycles. The second kappa shape index (κ2) is 9.00. The summed E-state index contributed by atoms with van der Waals surface area (Å²) in [6.45, 7) is 8.57. The van der Waals surface area contributed by atoms with Gasteiger partial charge in [-0.25, -0.2) is 4.39 Å². The molecule has 0 aliphatic heterocycles. The Kier molecular flexibility index (Phi) is 6.61. The predicted molar refractivity (Wildman–Crippen MR) is 118 cm³/mol. The molecule has 1 aromatic heterocycles. The summed E-state index contributed by atoms with van der Waals surface area (Å²) in [5, 5.41) is 8.79. The molecule has 3 aromatic rings. The number of nitrogens with zero attached hydrogens (tertiary/aromatic N) is 4. The van der Waals surface area contributed by atoms with Gasteiger partial charge in [-0.05, 0) is 57.5 Å². The largest absolute Gasteiger partial charge is 0.333 e. The number of carbonyl (C=O) groups excluding carboxylic acids is 1. The molecule has 30 heavy (non-hydrogen) atoms. The maximum absolute atomic E-state index is 13.3. The van der Waals surface area contributed by atoms with Crippen LogP contribution in [0.25, 0.3) is 11.4 Å². The standard InChI is InChI=1S/C23H27FN4OS/c1-16(21(29)28(23(2,3)4)15-17-9-7-6-8-10-17)30-22-26-25-20(27(22)5)18-11-13-19(24)14-12-18/h6-14,16H,15H2,1-5H3/t16-/m1/s1. The predicted octanol–water partition coefficient (Wildman–Crippen LogP) is 4.93. The number of hydrogen-bond acceptors (Lipinski definition) is 4. The quantitative estimate of drug-likeness (QED) is 0.525. The Bertz CT molecular complexity index is 996. The molecule has 0 radical (unpaired) electrons. The highest BCUT2D eigenvalue weighted by molar-refractivity contribution is 8.00. The normalized spacial score (nSPS) is 12.6. The number of benzene rings is 2. The van der Waals surface area contributed by atoms with Crippen LogP contribution in [0.3, 0.4) is 0 Å². The van der Waals surface area contributed by atoms with Gasteiger partial charge in [0, 0.05) is 24.7 Å². The summed E-state index contributed by atoms with van der Waals surface area (Å²) < 4.78 is 15.0. The lowest BCUT2D eigenvalue weighted by Crippen LogP contribution is -2.48. The highest BCUT2D eigenvalue weighted by Gasteiger charge is 2.31. The molecule has 7 heteroatoms. The molecular weight excluding hydrogens is 399 g/mol. The summed E-state index contributed by atoms with van der Waals surface area (Å²) in [4.78, 5) is 15.2. The van der Waals surface area contributed by atoms with Gasteiger partial charge in [-0.2, -0.15) is 0 Å². The Labute approximate surface area is 181 Å². The van der Waals surface area contributed by atoms with Crippen LogP contribution in [0.5, 0.6) is 0 Å². The van der Waals surface area contributed by atoms with Crippen molar-refractivity contribution in [3.05, 3.63) is 66.0 Å². The number of rotatable bonds is 6. The molecule has 0 aliphatic rings. The minimum Gasteiger partial charge on any atom is -0.333 e. The van der Waals surface area contributed by atoms with Crippen molar-refractivity contribution in [2.75, 3.05) is 0 Å². The van der Waals surface area contributed by atoms with Crippen LogP contribution >= 0.6 is 11.8 Å². The van der Waals surface area contributed by atoms with Crippen molar-refractivity contribution in [2.24, 2.45) is 7.05 Å². The molecule has 0 bridgehead atoms. The van der Waals surface area contributed by atoms with Gasteiger partial charge in [-0.3, -0.25) is 4.79 Å². The van der Waals surface area contributed by atoms with Gasteiger partial charge < -0.3 is 9.47 Å². The monoisotopic (exact) mass is 426 g/mol. The fourth-order valence-corrected chi connectivity index (χ4v) is 3.98. The Balaban J connectivity index is 1.77. The first kappa shape index (κ1) is 22.0. The lowest BCUT2D eigenvalue weighted by atomic mass is 10.0. The van der Waals surface area contributed by atoms with Gasteiger partial charge in [0.1, 0.15) is 5.82 Å². The second-order valence-electron chi connectivity index (χ2n) is 8.21. The van der Waals surface area contributed by atoms with Gasteiger partial charge in [0.25, 0.3) is 0 Å². The number of carbonyl (C=O) groups is 1. The second-order valence-corrected chi connectivity index (χ2v) is 9.52. The van der Waals surface area contributed by atoms with Crippen LogP contribution in [-0.2, 0) is 18.4 Å². The van der Waals surface area contributed by atoms with E-state index in [0.29, 0.717) is 17.5 Å². The van der Waals surface area contributed by atoms with Gasteiger partial charge in [0.05, 0.1) is 5.25 Å². The van der Waals surface area contributed by atoms with E-state index in [1.165, 1.54) is 23.9 Å². The van der Waals surface area contributed by atoms with E-state index in [1.54, 1.807) is 12.1 Å². The van der Waals surface area contributed by atoms with Crippen LogP contribution in [0.15, 0.2) is 59.8 Å². The average molecular weight is 427 g/mol. The van der Waals surface area contributed by atoms with Gasteiger partial charge in [0.2, 0.25) is 5.91 Å². The molecule has 0 aliphatic carbocycles. The molecule has 3 rings (SSSR count). The van der Waals surface area contributed by atoms with Crippen LogP contribution in [0, 0.1) is 5.82 Å². The zero-order chi connectivity index (χ0) is 21.9. The van der Waals surface area contributed by atoms with Crippen molar-refractivity contribution < 1.29 is 9.18 Å². The molecule has 0 fully saturated rings. The molecule has 5 nitrogen and oxygen atoms in total. The molecule has 1 amide bonds. The highest BCUT2D eigenvalue weighted by atomic mass is 32.2. The molecular formula is C23H27FN4OS. The summed E-state index contributed by atoms with van der Waals surface area (Å²) in [6.07, 6.45) is 0. The van der Waals surface area contributed by atoms with Crippen molar-refractivity contribution in [3.8, 4) is 11.4 Å². The lowest BCUT2D eigenvalue weighted by molar-refractivity contribution is -0.135. The van der Waals surface area contributed by atoms with E-state index >= 15 is 0 Å². The first-order valence-corrected chi connectivity index (χ1v) is 10.7. The minimum absolute atomic E-state index is 0.0442. The number of halogens is 1. The summed E-state index contributed by atoms with van der Waals surface area (Å²) in [5.41, 5.74) is 1.55. The van der Waals surface area contributed by atoms with Crippen molar-refractivity contribution in [1.82, 2.24) is 19.7 Å². The Morgan fingerprint density at radius 3 is 2.33 bits per heavy atom. The summed E-state index contributed by atoms with van der Waals surface area (Å²) in [7, 11) is 1.85. The van der Waals surface area contributed by atoms with Gasteiger partial charge in [-0.15, -0.1) is 10.2 Å². The van der Waals surface area contributed by atoms with Crippen molar-refractivity contribution >= 4 is 17.7 Å². The average Bonchev–Trinajstić information content (AvgIpc) is 3.06. The van der Waals surface area contributed by atoms with Crippen LogP contribution in [0.4, 0.5) is 4.39 Å². The first-order valence-electron chi connectivity index (χ1n) is 9.84. The third kappa shape index (κ3) is 5.08. The number of amides is 1. The molecule has 0 saturated carbocycles. The Morgan fingerprint density at radius 1 is 1.10 bits per heavy atom. The van der Waals surface area contributed by atoms with Crippen LogP contribution in [-0.4, -0.2) is 36.4 Å². The van der Waals surface area contributed by atoms with Gasteiger partial charge >= 0.3 is 0 Å². The molecule has 158 valence electrons. The van der Waals surface area contributed by atoms with E-state index in [2.05, 4.69) is 10.2 Å². The number of hydrogen-bond donors (Lipinski definition) is 0. The zero-order valence-corrected chi connectivity index (χ0v) is 18.8. The van der Waals surface area contributed by atoms with E-state index in [-0.39, 0.29) is 22.5 Å². The summed E-state index contributed by atoms with van der Waals surface area (Å²) >= 11 is 1.38. The number of thioether (sulfide) groups is 1. The Hall–Kier alpha value is -2.67. The summed E-state index contributed by atoms with van der Waals surface area (Å²) in [6, 6.07) is 16.1. The lowest BCUT2D eigenvalue weighted by Gasteiger charge is -2.37. The smallest absolute Gasteiger partial charge is 0.236 e. The SMILES string of the molecule is C[C@@H](Sc1nnc(-c2ccc(F)cc2)n1C)C(=O)N(Cc1ccccc1)C(C)(C)C. The third-order valence-corrected chi connectivity index (χ3v) is 5.95. The molecule has 0 unspecified atom stereocenters. The van der Waals surface area contributed by atoms with Crippen molar-refractivity contribution in [3.63, 3.8) is 0 Å². The highest BCUT2D eigenvalue weighted by Crippen LogP contribution is 2.29. The van der Waals surface area contributed by atoms with E-state index in [9.17, 15) is 9.18 Å². The molecule has 1 heterocycles.